The molecule has 0 saturated heterocycles. The first kappa shape index (κ1) is 12.0. The molecule has 0 aromatic carbocycles. The summed E-state index contributed by atoms with van der Waals surface area (Å²) in [5, 5.41) is 3.51. The van der Waals surface area contributed by atoms with Gasteiger partial charge in [0.1, 0.15) is 0 Å². The third kappa shape index (κ3) is 6.74. The lowest BCUT2D eigenvalue weighted by Gasteiger charge is -2.15. The smallest absolute Gasteiger partial charge is 0.0192 e. The van der Waals surface area contributed by atoms with Crippen LogP contribution in [0.2, 0.25) is 0 Å². The Labute approximate surface area is 81.0 Å². The second-order valence-electron chi connectivity index (χ2n) is 2.83. The topological polar surface area (TPSA) is 12.0 Å². The summed E-state index contributed by atoms with van der Waals surface area (Å²) >= 11 is 2.00. The van der Waals surface area contributed by atoms with Crippen LogP contribution in [0.15, 0.2) is 12.7 Å². The lowest BCUT2D eigenvalue weighted by atomic mass is 10.2. The zero-order valence-corrected chi connectivity index (χ0v) is 9.12. The van der Waals surface area contributed by atoms with Gasteiger partial charge in [-0.05, 0) is 25.1 Å². The molecule has 1 N–H and O–H groups in total. The first-order chi connectivity index (χ1) is 5.85. The van der Waals surface area contributed by atoms with E-state index >= 15 is 0 Å². The first-order valence-electron chi connectivity index (χ1n) is 4.77. The van der Waals surface area contributed by atoms with Crippen molar-refractivity contribution in [3.05, 3.63) is 12.7 Å². The largest absolute Gasteiger partial charge is 0.313 e. The molecular formula is C10H21NS. The van der Waals surface area contributed by atoms with Crippen LogP contribution in [-0.4, -0.2) is 24.1 Å². The number of rotatable bonds is 8. The first-order valence-corrected chi connectivity index (χ1v) is 5.92. The maximum Gasteiger partial charge on any atom is 0.0192 e. The monoisotopic (exact) mass is 187 g/mol. The highest BCUT2D eigenvalue weighted by Crippen LogP contribution is 2.05. The van der Waals surface area contributed by atoms with Crippen LogP contribution in [0.5, 0.6) is 0 Å². The summed E-state index contributed by atoms with van der Waals surface area (Å²) in [4.78, 5) is 0. The van der Waals surface area contributed by atoms with Crippen molar-refractivity contribution < 1.29 is 0 Å². The highest BCUT2D eigenvalue weighted by Gasteiger charge is 2.03. The van der Waals surface area contributed by atoms with E-state index in [2.05, 4.69) is 25.7 Å². The Balaban J connectivity index is 3.46. The van der Waals surface area contributed by atoms with E-state index in [0.717, 1.165) is 13.0 Å². The third-order valence-corrected chi connectivity index (χ3v) is 2.70. The van der Waals surface area contributed by atoms with Gasteiger partial charge in [-0.1, -0.05) is 19.9 Å². The molecular weight excluding hydrogens is 166 g/mol. The highest BCUT2D eigenvalue weighted by molar-refractivity contribution is 7.99. The van der Waals surface area contributed by atoms with Crippen LogP contribution in [-0.2, 0) is 0 Å². The highest BCUT2D eigenvalue weighted by atomic mass is 32.2. The predicted molar refractivity (Wildman–Crippen MR) is 59.9 cm³/mol. The van der Waals surface area contributed by atoms with E-state index in [1.807, 2.05) is 17.8 Å². The van der Waals surface area contributed by atoms with Crippen molar-refractivity contribution in [2.75, 3.05) is 18.1 Å². The van der Waals surface area contributed by atoms with Gasteiger partial charge in [0.05, 0.1) is 0 Å². The average molecular weight is 187 g/mol. The van der Waals surface area contributed by atoms with Crippen molar-refractivity contribution in [2.24, 2.45) is 0 Å². The van der Waals surface area contributed by atoms with Crippen molar-refractivity contribution in [1.29, 1.82) is 0 Å². The molecule has 12 heavy (non-hydrogen) atoms. The lowest BCUT2D eigenvalue weighted by molar-refractivity contribution is 0.558. The van der Waals surface area contributed by atoms with Crippen LogP contribution in [0.3, 0.4) is 0 Å². The van der Waals surface area contributed by atoms with Gasteiger partial charge in [0.25, 0.3) is 0 Å². The standard InChI is InChI=1S/C10H21NS/c1-4-7-10(9-12-6-3)11-8-5-2/h4,10-11H,1,5-9H2,2-3H3. The molecule has 0 aliphatic carbocycles. The van der Waals surface area contributed by atoms with Gasteiger partial charge < -0.3 is 5.32 Å². The molecule has 0 spiro atoms. The summed E-state index contributed by atoms with van der Waals surface area (Å²) in [7, 11) is 0. The van der Waals surface area contributed by atoms with Gasteiger partial charge in [-0.25, -0.2) is 0 Å². The molecule has 0 aliphatic heterocycles. The lowest BCUT2D eigenvalue weighted by Crippen LogP contribution is -2.31. The summed E-state index contributed by atoms with van der Waals surface area (Å²) in [6.07, 6.45) is 4.31. The van der Waals surface area contributed by atoms with E-state index in [4.69, 9.17) is 0 Å². The summed E-state index contributed by atoms with van der Waals surface area (Å²) in [6.45, 7) is 9.30. The Morgan fingerprint density at radius 1 is 1.50 bits per heavy atom. The van der Waals surface area contributed by atoms with Gasteiger partial charge in [0.15, 0.2) is 0 Å². The van der Waals surface area contributed by atoms with Crippen molar-refractivity contribution in [3.8, 4) is 0 Å². The Morgan fingerprint density at radius 2 is 2.25 bits per heavy atom. The SMILES string of the molecule is C=CCC(CSCC)NCCC. The van der Waals surface area contributed by atoms with Crippen molar-refractivity contribution in [2.45, 2.75) is 32.7 Å². The Morgan fingerprint density at radius 3 is 2.75 bits per heavy atom. The minimum absolute atomic E-state index is 0.632. The summed E-state index contributed by atoms with van der Waals surface area (Å²) < 4.78 is 0. The average Bonchev–Trinajstić information content (AvgIpc) is 2.10. The zero-order chi connectivity index (χ0) is 9.23. The number of hydrogen-bond acceptors (Lipinski definition) is 2. The van der Waals surface area contributed by atoms with Gasteiger partial charge in [0.2, 0.25) is 0 Å². The minimum Gasteiger partial charge on any atom is -0.313 e. The molecule has 0 aromatic heterocycles. The molecule has 1 nitrogen and oxygen atoms in total. The van der Waals surface area contributed by atoms with Crippen LogP contribution in [0.25, 0.3) is 0 Å². The van der Waals surface area contributed by atoms with Crippen LogP contribution in [0.4, 0.5) is 0 Å². The van der Waals surface area contributed by atoms with Crippen LogP contribution in [0.1, 0.15) is 26.7 Å². The maximum atomic E-state index is 3.77. The van der Waals surface area contributed by atoms with Crippen LogP contribution >= 0.6 is 11.8 Å². The van der Waals surface area contributed by atoms with Gasteiger partial charge in [0, 0.05) is 11.8 Å². The summed E-state index contributed by atoms with van der Waals surface area (Å²) in [5.41, 5.74) is 0. The van der Waals surface area contributed by atoms with Crippen molar-refractivity contribution >= 4 is 11.8 Å². The summed E-state index contributed by atoms with van der Waals surface area (Å²) in [5.74, 6) is 2.42. The quantitative estimate of drug-likeness (QED) is 0.586. The molecule has 0 heterocycles. The zero-order valence-electron chi connectivity index (χ0n) is 8.31. The molecule has 2 heteroatoms. The second kappa shape index (κ2) is 9.14. The molecule has 1 unspecified atom stereocenters. The molecule has 0 aromatic rings. The fraction of sp³-hybridized carbons (Fsp3) is 0.800. The van der Waals surface area contributed by atoms with E-state index in [1.165, 1.54) is 17.9 Å². The van der Waals surface area contributed by atoms with E-state index in [0.29, 0.717) is 6.04 Å². The molecule has 0 fully saturated rings. The number of thioether (sulfide) groups is 1. The minimum atomic E-state index is 0.632. The maximum absolute atomic E-state index is 3.77. The molecule has 0 saturated carbocycles. The Hall–Kier alpha value is 0.0500. The van der Waals surface area contributed by atoms with E-state index in [1.54, 1.807) is 0 Å². The van der Waals surface area contributed by atoms with Crippen LogP contribution in [0, 0.1) is 0 Å². The van der Waals surface area contributed by atoms with E-state index < -0.39 is 0 Å². The number of nitrogens with one attached hydrogen (secondary N) is 1. The van der Waals surface area contributed by atoms with Gasteiger partial charge >= 0.3 is 0 Å². The Kier molecular flexibility index (Phi) is 9.18. The van der Waals surface area contributed by atoms with E-state index in [9.17, 15) is 0 Å². The predicted octanol–water partition coefficient (Wildman–Crippen LogP) is 2.68. The third-order valence-electron chi connectivity index (χ3n) is 1.66. The second-order valence-corrected chi connectivity index (χ2v) is 4.15. The fourth-order valence-corrected chi connectivity index (χ4v) is 1.79. The Bertz CT molecular complexity index is 96.0. The molecule has 0 aliphatic rings. The van der Waals surface area contributed by atoms with Gasteiger partial charge in [-0.15, -0.1) is 6.58 Å². The normalized spacial score (nSPS) is 12.8. The molecule has 0 rings (SSSR count). The van der Waals surface area contributed by atoms with Crippen LogP contribution < -0.4 is 5.32 Å². The van der Waals surface area contributed by atoms with Crippen molar-refractivity contribution in [1.82, 2.24) is 5.32 Å². The van der Waals surface area contributed by atoms with Gasteiger partial charge in [-0.3, -0.25) is 0 Å². The van der Waals surface area contributed by atoms with Crippen molar-refractivity contribution in [3.63, 3.8) is 0 Å². The molecule has 72 valence electrons. The van der Waals surface area contributed by atoms with Gasteiger partial charge in [-0.2, -0.15) is 11.8 Å². The van der Waals surface area contributed by atoms with E-state index in [-0.39, 0.29) is 0 Å². The number of hydrogen-bond donors (Lipinski definition) is 1. The molecule has 0 bridgehead atoms. The molecule has 1 atom stereocenters. The summed E-state index contributed by atoms with van der Waals surface area (Å²) in [6, 6.07) is 0.632. The fourth-order valence-electron chi connectivity index (χ4n) is 1.02. The molecule has 0 amide bonds. The molecule has 0 radical (unpaired) electrons.